The van der Waals surface area contributed by atoms with E-state index in [4.69, 9.17) is 5.73 Å². The first-order valence-electron chi connectivity index (χ1n) is 4.52. The summed E-state index contributed by atoms with van der Waals surface area (Å²) in [5.74, 6) is 0. The molecule has 0 unspecified atom stereocenters. The van der Waals surface area contributed by atoms with Crippen molar-refractivity contribution in [3.05, 3.63) is 10.6 Å². The Balaban J connectivity index is 2.00. The normalized spacial score (nSPS) is 24.0. The average molecular weight is 180 g/mol. The van der Waals surface area contributed by atoms with E-state index in [0.29, 0.717) is 5.41 Å². The Kier molecular flexibility index (Phi) is 1.16. The predicted octanol–water partition coefficient (Wildman–Crippen LogP) is 1.99. The number of hydrogen-bond donors (Lipinski definition) is 1. The number of aryl methyl sites for hydroxylation is 1. The highest BCUT2D eigenvalue weighted by molar-refractivity contribution is 7.15. The molecule has 2 N–H and O–H groups in total. The summed E-state index contributed by atoms with van der Waals surface area (Å²) < 4.78 is 0. The second kappa shape index (κ2) is 2.02. The summed E-state index contributed by atoms with van der Waals surface area (Å²) in [5.41, 5.74) is 7.66. The number of aromatic nitrogens is 1. The molecule has 3 heteroatoms. The maximum atomic E-state index is 5.67. The van der Waals surface area contributed by atoms with Crippen molar-refractivity contribution < 1.29 is 0 Å². The van der Waals surface area contributed by atoms with Gasteiger partial charge in [-0.3, -0.25) is 0 Å². The average Bonchev–Trinajstić information content (AvgIpc) is 2.65. The molecule has 3 rings (SSSR count). The van der Waals surface area contributed by atoms with Gasteiger partial charge in [-0.05, 0) is 37.5 Å². The summed E-state index contributed by atoms with van der Waals surface area (Å²) in [7, 11) is 0. The standard InChI is InChI=1S/C9H12N2S/c10-8-11-6-1-2-9(3-4-9)5-7(6)12-8/h1-5H2,(H2,10,11). The van der Waals surface area contributed by atoms with Gasteiger partial charge in [-0.15, -0.1) is 11.3 Å². The van der Waals surface area contributed by atoms with Crippen LogP contribution in [0.3, 0.4) is 0 Å². The fraction of sp³-hybridized carbons (Fsp3) is 0.667. The molecule has 0 saturated heterocycles. The zero-order chi connectivity index (χ0) is 8.18. The fourth-order valence-electron chi connectivity index (χ4n) is 2.15. The zero-order valence-corrected chi connectivity index (χ0v) is 7.78. The molecule has 0 amide bonds. The Morgan fingerprint density at radius 2 is 2.17 bits per heavy atom. The first kappa shape index (κ1) is 6.89. The SMILES string of the molecule is Nc1nc2c(s1)CC1(CC2)CC1. The number of nitrogens with zero attached hydrogens (tertiary/aromatic N) is 1. The molecule has 2 aliphatic rings. The number of anilines is 1. The molecule has 0 radical (unpaired) electrons. The lowest BCUT2D eigenvalue weighted by Crippen LogP contribution is -2.13. The highest BCUT2D eigenvalue weighted by Gasteiger charge is 2.45. The van der Waals surface area contributed by atoms with Crippen molar-refractivity contribution in [3.8, 4) is 0 Å². The van der Waals surface area contributed by atoms with Crippen molar-refractivity contribution in [2.24, 2.45) is 5.41 Å². The lowest BCUT2D eigenvalue weighted by Gasteiger charge is -2.19. The summed E-state index contributed by atoms with van der Waals surface area (Å²) in [6.07, 6.45) is 6.65. The van der Waals surface area contributed by atoms with Crippen molar-refractivity contribution >= 4 is 16.5 Å². The predicted molar refractivity (Wildman–Crippen MR) is 50.2 cm³/mol. The van der Waals surface area contributed by atoms with Crippen LogP contribution in [0, 0.1) is 5.41 Å². The quantitative estimate of drug-likeness (QED) is 0.663. The Hall–Kier alpha value is -0.570. The molecule has 2 aliphatic carbocycles. The molecule has 2 nitrogen and oxygen atoms in total. The molecule has 64 valence electrons. The Morgan fingerprint density at radius 3 is 2.92 bits per heavy atom. The molecule has 1 aromatic rings. The highest BCUT2D eigenvalue weighted by atomic mass is 32.1. The Bertz CT molecular complexity index is 325. The van der Waals surface area contributed by atoms with Crippen LogP contribution < -0.4 is 5.73 Å². The second-order valence-electron chi connectivity index (χ2n) is 4.10. The molecular formula is C9H12N2S. The maximum Gasteiger partial charge on any atom is 0.180 e. The van der Waals surface area contributed by atoms with Crippen LogP contribution in [0.4, 0.5) is 5.13 Å². The molecule has 1 fully saturated rings. The number of nitrogen functional groups attached to an aromatic ring is 1. The van der Waals surface area contributed by atoms with Gasteiger partial charge in [0.25, 0.3) is 0 Å². The smallest absolute Gasteiger partial charge is 0.180 e. The Morgan fingerprint density at radius 1 is 1.33 bits per heavy atom. The van der Waals surface area contributed by atoms with Gasteiger partial charge < -0.3 is 5.73 Å². The molecular weight excluding hydrogens is 168 g/mol. The molecule has 0 aromatic carbocycles. The van der Waals surface area contributed by atoms with Gasteiger partial charge in [-0.25, -0.2) is 4.98 Å². The van der Waals surface area contributed by atoms with E-state index >= 15 is 0 Å². The van der Waals surface area contributed by atoms with E-state index in [9.17, 15) is 0 Å². The number of hydrogen-bond acceptors (Lipinski definition) is 3. The van der Waals surface area contributed by atoms with Gasteiger partial charge in [-0.2, -0.15) is 0 Å². The van der Waals surface area contributed by atoms with Crippen molar-refractivity contribution in [1.29, 1.82) is 0 Å². The molecule has 1 aromatic heterocycles. The topological polar surface area (TPSA) is 38.9 Å². The van der Waals surface area contributed by atoms with Crippen molar-refractivity contribution in [2.45, 2.75) is 32.1 Å². The van der Waals surface area contributed by atoms with E-state index in [1.54, 1.807) is 11.3 Å². The van der Waals surface area contributed by atoms with Crippen molar-refractivity contribution in [1.82, 2.24) is 4.98 Å². The Labute approximate surface area is 75.8 Å². The van der Waals surface area contributed by atoms with Gasteiger partial charge in [0.15, 0.2) is 5.13 Å². The second-order valence-corrected chi connectivity index (χ2v) is 5.21. The minimum Gasteiger partial charge on any atom is -0.375 e. The highest BCUT2D eigenvalue weighted by Crippen LogP contribution is 2.55. The van der Waals surface area contributed by atoms with Crippen molar-refractivity contribution in [3.63, 3.8) is 0 Å². The summed E-state index contributed by atoms with van der Waals surface area (Å²) >= 11 is 1.70. The van der Waals surface area contributed by atoms with Crippen LogP contribution in [0.15, 0.2) is 0 Å². The first-order chi connectivity index (χ1) is 5.77. The van der Waals surface area contributed by atoms with Crippen LogP contribution in [-0.4, -0.2) is 4.98 Å². The summed E-state index contributed by atoms with van der Waals surface area (Å²) in [6, 6.07) is 0. The van der Waals surface area contributed by atoms with Gasteiger partial charge in [-0.1, -0.05) is 0 Å². The summed E-state index contributed by atoms with van der Waals surface area (Å²) in [4.78, 5) is 5.81. The molecule has 1 heterocycles. The summed E-state index contributed by atoms with van der Waals surface area (Å²) in [5, 5.41) is 0.762. The number of nitrogens with two attached hydrogens (primary N) is 1. The van der Waals surface area contributed by atoms with E-state index in [0.717, 1.165) is 5.13 Å². The zero-order valence-electron chi connectivity index (χ0n) is 6.97. The van der Waals surface area contributed by atoms with Crippen LogP contribution in [0.25, 0.3) is 0 Å². The van der Waals surface area contributed by atoms with Crippen LogP contribution in [0.1, 0.15) is 29.8 Å². The maximum absolute atomic E-state index is 5.67. The van der Waals surface area contributed by atoms with Crippen molar-refractivity contribution in [2.75, 3.05) is 5.73 Å². The number of rotatable bonds is 0. The third-order valence-electron chi connectivity index (χ3n) is 3.18. The number of thiazole rings is 1. The largest absolute Gasteiger partial charge is 0.375 e. The third kappa shape index (κ3) is 0.891. The molecule has 12 heavy (non-hydrogen) atoms. The van der Waals surface area contributed by atoms with E-state index in [2.05, 4.69) is 4.98 Å². The van der Waals surface area contributed by atoms with Crippen LogP contribution in [0.2, 0.25) is 0 Å². The minimum absolute atomic E-state index is 0.700. The lowest BCUT2D eigenvalue weighted by molar-refractivity contribution is 0.439. The van der Waals surface area contributed by atoms with Gasteiger partial charge in [0, 0.05) is 4.88 Å². The fourth-order valence-corrected chi connectivity index (χ4v) is 3.21. The molecule has 0 aliphatic heterocycles. The summed E-state index contributed by atoms with van der Waals surface area (Å²) in [6.45, 7) is 0. The van der Waals surface area contributed by atoms with Gasteiger partial charge >= 0.3 is 0 Å². The van der Waals surface area contributed by atoms with Gasteiger partial charge in [0.1, 0.15) is 0 Å². The lowest BCUT2D eigenvalue weighted by atomic mass is 9.88. The van der Waals surface area contributed by atoms with Crippen LogP contribution >= 0.6 is 11.3 Å². The van der Waals surface area contributed by atoms with Gasteiger partial charge in [0.2, 0.25) is 0 Å². The van der Waals surface area contributed by atoms with Crippen LogP contribution in [0.5, 0.6) is 0 Å². The minimum atomic E-state index is 0.700. The van der Waals surface area contributed by atoms with Crippen LogP contribution in [-0.2, 0) is 12.8 Å². The molecule has 1 spiro atoms. The number of fused-ring (bicyclic) bond motifs is 1. The first-order valence-corrected chi connectivity index (χ1v) is 5.33. The van der Waals surface area contributed by atoms with E-state index in [1.165, 1.54) is 42.7 Å². The monoisotopic (exact) mass is 180 g/mol. The van der Waals surface area contributed by atoms with Gasteiger partial charge in [0.05, 0.1) is 5.69 Å². The van der Waals surface area contributed by atoms with E-state index in [1.807, 2.05) is 0 Å². The molecule has 0 bridgehead atoms. The third-order valence-corrected chi connectivity index (χ3v) is 4.11. The molecule has 1 saturated carbocycles. The van der Waals surface area contributed by atoms with E-state index in [-0.39, 0.29) is 0 Å². The molecule has 0 atom stereocenters. The van der Waals surface area contributed by atoms with E-state index < -0.39 is 0 Å².